The summed E-state index contributed by atoms with van der Waals surface area (Å²) in [5.74, 6) is 0. The first kappa shape index (κ1) is 14.6. The molecule has 0 aliphatic rings. The highest BCUT2D eigenvalue weighted by molar-refractivity contribution is 5.09. The molecule has 0 rings (SSSR count). The number of azo groups is 1. The monoisotopic (exact) mass is 220 g/mol. The van der Waals surface area contributed by atoms with Crippen LogP contribution >= 0.6 is 0 Å². The van der Waals surface area contributed by atoms with Crippen LogP contribution in [0.4, 0.5) is 0 Å². The third-order valence-corrected chi connectivity index (χ3v) is 3.19. The van der Waals surface area contributed by atoms with E-state index in [1.54, 1.807) is 0 Å². The summed E-state index contributed by atoms with van der Waals surface area (Å²) >= 11 is 0. The van der Waals surface area contributed by atoms with Crippen molar-refractivity contribution in [3.8, 4) is 12.1 Å². The zero-order valence-corrected chi connectivity index (χ0v) is 10.6. The van der Waals surface area contributed by atoms with Crippen molar-refractivity contribution >= 4 is 0 Å². The lowest BCUT2D eigenvalue weighted by molar-refractivity contribution is 0.415. The average Bonchev–Trinajstić information content (AvgIpc) is 2.37. The third-order valence-electron chi connectivity index (χ3n) is 3.19. The molecule has 0 heterocycles. The second-order valence-corrected chi connectivity index (χ2v) is 3.90. The van der Waals surface area contributed by atoms with Gasteiger partial charge in [-0.15, -0.1) is 0 Å². The van der Waals surface area contributed by atoms with Gasteiger partial charge < -0.3 is 0 Å². The van der Waals surface area contributed by atoms with Crippen molar-refractivity contribution in [1.82, 2.24) is 0 Å². The standard InChI is InChI=1S/C12H20N4/c1-5-11(6-2,9-13)15-16-12(7-3,8-4)10-14/h5-8H2,1-4H3. The maximum Gasteiger partial charge on any atom is 0.167 e. The minimum absolute atomic E-state index is 0.623. The van der Waals surface area contributed by atoms with Gasteiger partial charge in [0.05, 0.1) is 12.1 Å². The fourth-order valence-electron chi connectivity index (χ4n) is 1.34. The van der Waals surface area contributed by atoms with Gasteiger partial charge in [0.2, 0.25) is 0 Å². The van der Waals surface area contributed by atoms with Gasteiger partial charge >= 0.3 is 0 Å². The van der Waals surface area contributed by atoms with E-state index < -0.39 is 11.1 Å². The van der Waals surface area contributed by atoms with Crippen molar-refractivity contribution in [3.63, 3.8) is 0 Å². The van der Waals surface area contributed by atoms with Crippen molar-refractivity contribution in [2.24, 2.45) is 10.2 Å². The highest BCUT2D eigenvalue weighted by atomic mass is 15.2. The Balaban J connectivity index is 5.08. The largest absolute Gasteiger partial charge is 0.196 e. The van der Waals surface area contributed by atoms with Gasteiger partial charge in [0.15, 0.2) is 11.1 Å². The van der Waals surface area contributed by atoms with Gasteiger partial charge in [-0.3, -0.25) is 0 Å². The Morgan fingerprint density at radius 2 is 1.00 bits per heavy atom. The van der Waals surface area contributed by atoms with Crippen LogP contribution in [0.1, 0.15) is 53.4 Å². The van der Waals surface area contributed by atoms with Gasteiger partial charge in [0.1, 0.15) is 0 Å². The highest BCUT2D eigenvalue weighted by Gasteiger charge is 2.30. The first-order valence-corrected chi connectivity index (χ1v) is 5.84. The van der Waals surface area contributed by atoms with E-state index in [2.05, 4.69) is 22.4 Å². The van der Waals surface area contributed by atoms with E-state index in [-0.39, 0.29) is 0 Å². The van der Waals surface area contributed by atoms with Crippen molar-refractivity contribution in [1.29, 1.82) is 10.5 Å². The SMILES string of the molecule is CCC(C#N)(CC)N=NC(C#N)(CC)CC. The van der Waals surface area contributed by atoms with Gasteiger partial charge in [-0.1, -0.05) is 27.7 Å². The van der Waals surface area contributed by atoms with E-state index in [4.69, 9.17) is 10.5 Å². The topological polar surface area (TPSA) is 72.3 Å². The molecule has 0 N–H and O–H groups in total. The summed E-state index contributed by atoms with van der Waals surface area (Å²) in [7, 11) is 0. The van der Waals surface area contributed by atoms with Crippen LogP contribution in [0.25, 0.3) is 0 Å². The highest BCUT2D eigenvalue weighted by Crippen LogP contribution is 2.25. The molecule has 0 aliphatic carbocycles. The molecular formula is C12H20N4. The fourth-order valence-corrected chi connectivity index (χ4v) is 1.34. The van der Waals surface area contributed by atoms with Gasteiger partial charge in [0.25, 0.3) is 0 Å². The van der Waals surface area contributed by atoms with Crippen LogP contribution in [0.5, 0.6) is 0 Å². The lowest BCUT2D eigenvalue weighted by Crippen LogP contribution is -2.26. The minimum atomic E-state index is -0.757. The molecule has 0 radical (unpaired) electrons. The molecule has 0 aliphatic heterocycles. The molecule has 0 saturated heterocycles. The quantitative estimate of drug-likeness (QED) is 0.641. The first-order valence-electron chi connectivity index (χ1n) is 5.84. The van der Waals surface area contributed by atoms with Gasteiger partial charge in [-0.05, 0) is 25.7 Å². The van der Waals surface area contributed by atoms with Crippen LogP contribution < -0.4 is 0 Å². The molecule has 0 spiro atoms. The smallest absolute Gasteiger partial charge is 0.167 e. The molecule has 0 amide bonds. The Bertz CT molecular complexity index is 279. The zero-order valence-electron chi connectivity index (χ0n) is 10.6. The first-order chi connectivity index (χ1) is 7.57. The maximum absolute atomic E-state index is 9.10. The summed E-state index contributed by atoms with van der Waals surface area (Å²) in [6.45, 7) is 7.66. The molecule has 4 nitrogen and oxygen atoms in total. The summed E-state index contributed by atoms with van der Waals surface area (Å²) < 4.78 is 0. The van der Waals surface area contributed by atoms with Gasteiger partial charge in [-0.25, -0.2) is 0 Å². The second kappa shape index (κ2) is 6.23. The predicted molar refractivity (Wildman–Crippen MR) is 62.7 cm³/mol. The Labute approximate surface area is 98.0 Å². The summed E-state index contributed by atoms with van der Waals surface area (Å²) in [6.07, 6.45) is 2.49. The Morgan fingerprint density at radius 1 is 0.750 bits per heavy atom. The molecule has 0 aromatic carbocycles. The predicted octanol–water partition coefficient (Wildman–Crippen LogP) is 3.60. The van der Waals surface area contributed by atoms with Crippen LogP contribution in [-0.2, 0) is 0 Å². The van der Waals surface area contributed by atoms with E-state index in [1.165, 1.54) is 0 Å². The van der Waals surface area contributed by atoms with Crippen molar-refractivity contribution in [2.45, 2.75) is 64.5 Å². The van der Waals surface area contributed by atoms with Crippen molar-refractivity contribution in [2.75, 3.05) is 0 Å². The second-order valence-electron chi connectivity index (χ2n) is 3.90. The van der Waals surface area contributed by atoms with E-state index in [9.17, 15) is 0 Å². The molecular weight excluding hydrogens is 200 g/mol. The Hall–Kier alpha value is -1.42. The summed E-state index contributed by atoms with van der Waals surface area (Å²) in [4.78, 5) is 0. The van der Waals surface area contributed by atoms with Crippen molar-refractivity contribution < 1.29 is 0 Å². The molecule has 0 saturated carbocycles. The molecule has 0 aromatic heterocycles. The molecule has 0 atom stereocenters. The molecule has 0 aromatic rings. The number of rotatable bonds is 6. The van der Waals surface area contributed by atoms with Crippen LogP contribution in [0.3, 0.4) is 0 Å². The van der Waals surface area contributed by atoms with E-state index >= 15 is 0 Å². The van der Waals surface area contributed by atoms with Gasteiger partial charge in [0, 0.05) is 0 Å². The Kier molecular flexibility index (Phi) is 5.67. The maximum atomic E-state index is 9.10. The summed E-state index contributed by atoms with van der Waals surface area (Å²) in [5, 5.41) is 26.5. The summed E-state index contributed by atoms with van der Waals surface area (Å²) in [6, 6.07) is 4.38. The molecule has 0 bridgehead atoms. The normalized spacial score (nSPS) is 12.4. The number of hydrogen-bond donors (Lipinski definition) is 0. The zero-order chi connectivity index (χ0) is 12.7. The molecule has 16 heavy (non-hydrogen) atoms. The van der Waals surface area contributed by atoms with Crippen LogP contribution in [-0.4, -0.2) is 11.1 Å². The molecule has 0 unspecified atom stereocenters. The number of hydrogen-bond acceptors (Lipinski definition) is 4. The molecule has 0 fully saturated rings. The van der Waals surface area contributed by atoms with Crippen LogP contribution in [0.15, 0.2) is 10.2 Å². The average molecular weight is 220 g/mol. The number of nitriles is 2. The van der Waals surface area contributed by atoms with Gasteiger partial charge in [-0.2, -0.15) is 20.8 Å². The third kappa shape index (κ3) is 3.03. The molecule has 88 valence electrons. The summed E-state index contributed by atoms with van der Waals surface area (Å²) in [5.41, 5.74) is -1.51. The van der Waals surface area contributed by atoms with Crippen LogP contribution in [0.2, 0.25) is 0 Å². The Morgan fingerprint density at radius 3 is 1.12 bits per heavy atom. The van der Waals surface area contributed by atoms with Crippen LogP contribution in [0, 0.1) is 22.7 Å². The lowest BCUT2D eigenvalue weighted by Gasteiger charge is -2.21. The lowest BCUT2D eigenvalue weighted by atomic mass is 9.95. The number of nitrogens with zero attached hydrogens (tertiary/aromatic N) is 4. The molecule has 4 heteroatoms. The van der Waals surface area contributed by atoms with Crippen molar-refractivity contribution in [3.05, 3.63) is 0 Å². The fraction of sp³-hybridized carbons (Fsp3) is 0.833. The van der Waals surface area contributed by atoms with E-state index in [0.717, 1.165) is 0 Å². The van der Waals surface area contributed by atoms with E-state index in [0.29, 0.717) is 25.7 Å². The minimum Gasteiger partial charge on any atom is -0.196 e. The van der Waals surface area contributed by atoms with E-state index in [1.807, 2.05) is 27.7 Å².